The lowest BCUT2D eigenvalue weighted by Crippen LogP contribution is -2.24. The van der Waals surface area contributed by atoms with Crippen LogP contribution in [0.3, 0.4) is 0 Å². The highest BCUT2D eigenvalue weighted by Crippen LogP contribution is 2.25. The van der Waals surface area contributed by atoms with E-state index < -0.39 is 0 Å². The first-order chi connectivity index (χ1) is 16.5. The molecule has 1 aliphatic rings. The molecule has 0 saturated carbocycles. The average Bonchev–Trinajstić information content (AvgIpc) is 3.31. The maximum Gasteiger partial charge on any atom is 0.338 e. The minimum atomic E-state index is -0.384. The number of fused-ring (bicyclic) bond motifs is 1. The molecule has 2 aromatic carbocycles. The van der Waals surface area contributed by atoms with E-state index in [1.54, 1.807) is 44.2 Å². The number of hydrazone groups is 1. The normalized spacial score (nSPS) is 13.0. The van der Waals surface area contributed by atoms with Crippen molar-refractivity contribution in [1.29, 1.82) is 0 Å². The molecule has 7 heteroatoms. The minimum Gasteiger partial charge on any atom is -0.484 e. The van der Waals surface area contributed by atoms with E-state index in [0.717, 1.165) is 18.4 Å². The predicted molar refractivity (Wildman–Crippen MR) is 129 cm³/mol. The monoisotopic (exact) mass is 460 g/mol. The Hall–Kier alpha value is -3.87. The van der Waals surface area contributed by atoms with Gasteiger partial charge in [-0.05, 0) is 87.1 Å². The number of furan rings is 1. The Morgan fingerprint density at radius 2 is 1.88 bits per heavy atom. The van der Waals surface area contributed by atoms with Gasteiger partial charge < -0.3 is 13.9 Å². The summed E-state index contributed by atoms with van der Waals surface area (Å²) >= 11 is 0. The van der Waals surface area contributed by atoms with E-state index in [0.29, 0.717) is 22.8 Å². The Morgan fingerprint density at radius 1 is 1.06 bits per heavy atom. The van der Waals surface area contributed by atoms with Crippen molar-refractivity contribution in [2.24, 2.45) is 5.10 Å². The summed E-state index contributed by atoms with van der Waals surface area (Å²) in [7, 11) is 0. The molecule has 4 rings (SSSR count). The van der Waals surface area contributed by atoms with Crippen LogP contribution in [-0.2, 0) is 22.4 Å². The van der Waals surface area contributed by atoms with E-state index in [-0.39, 0.29) is 24.6 Å². The lowest BCUT2D eigenvalue weighted by atomic mass is 9.92. The van der Waals surface area contributed by atoms with Gasteiger partial charge in [0, 0.05) is 5.56 Å². The molecule has 0 radical (unpaired) electrons. The topological polar surface area (TPSA) is 90.1 Å². The summed E-state index contributed by atoms with van der Waals surface area (Å²) in [4.78, 5) is 24.2. The molecule has 1 aromatic heterocycles. The first kappa shape index (κ1) is 23.3. The van der Waals surface area contributed by atoms with Crippen LogP contribution in [0.1, 0.15) is 53.9 Å². The number of rotatable bonds is 8. The second kappa shape index (κ2) is 10.8. The highest BCUT2D eigenvalue weighted by atomic mass is 16.5. The van der Waals surface area contributed by atoms with Gasteiger partial charge in [0.15, 0.2) is 6.61 Å². The lowest BCUT2D eigenvalue weighted by Gasteiger charge is -2.16. The highest BCUT2D eigenvalue weighted by molar-refractivity contribution is 5.91. The fourth-order valence-corrected chi connectivity index (χ4v) is 3.81. The number of benzene rings is 2. The molecule has 7 nitrogen and oxygen atoms in total. The van der Waals surface area contributed by atoms with Crippen LogP contribution >= 0.6 is 0 Å². The Morgan fingerprint density at radius 3 is 2.71 bits per heavy atom. The molecule has 1 amide bonds. The number of amides is 1. The number of carbonyl (C=O) groups excluding carboxylic acids is 2. The van der Waals surface area contributed by atoms with Gasteiger partial charge in [-0.2, -0.15) is 5.10 Å². The first-order valence-electron chi connectivity index (χ1n) is 11.5. The summed E-state index contributed by atoms with van der Waals surface area (Å²) in [6, 6.07) is 16.5. The van der Waals surface area contributed by atoms with Crippen LogP contribution in [0.2, 0.25) is 0 Å². The molecule has 1 heterocycles. The van der Waals surface area contributed by atoms with Crippen LogP contribution in [0.4, 0.5) is 0 Å². The Balaban J connectivity index is 1.29. The maximum absolute atomic E-state index is 12.1. The summed E-state index contributed by atoms with van der Waals surface area (Å²) < 4.78 is 16.6. The number of nitrogens with zero attached hydrogens (tertiary/aromatic N) is 1. The zero-order chi connectivity index (χ0) is 23.9. The number of carbonyl (C=O) groups is 2. The van der Waals surface area contributed by atoms with Gasteiger partial charge in [0.25, 0.3) is 5.91 Å². The van der Waals surface area contributed by atoms with Gasteiger partial charge in [-0.1, -0.05) is 18.2 Å². The quantitative estimate of drug-likeness (QED) is 0.293. The van der Waals surface area contributed by atoms with Gasteiger partial charge >= 0.3 is 5.97 Å². The average molecular weight is 461 g/mol. The molecule has 0 fully saturated rings. The Kier molecular flexibility index (Phi) is 7.42. The van der Waals surface area contributed by atoms with E-state index in [4.69, 9.17) is 13.9 Å². The third-order valence-electron chi connectivity index (χ3n) is 5.42. The second-order valence-electron chi connectivity index (χ2n) is 8.46. The molecule has 0 bridgehead atoms. The van der Waals surface area contributed by atoms with Gasteiger partial charge in [0.2, 0.25) is 0 Å². The van der Waals surface area contributed by atoms with Crippen LogP contribution in [0, 0.1) is 0 Å². The van der Waals surface area contributed by atoms with Crippen molar-refractivity contribution in [3.63, 3.8) is 0 Å². The van der Waals surface area contributed by atoms with Crippen LogP contribution in [0.25, 0.3) is 11.3 Å². The van der Waals surface area contributed by atoms with Crippen LogP contribution in [0.5, 0.6) is 5.75 Å². The highest BCUT2D eigenvalue weighted by Gasteiger charge is 2.12. The fraction of sp³-hybridized carbons (Fsp3) is 0.296. The molecule has 0 unspecified atom stereocenters. The van der Waals surface area contributed by atoms with Crippen LogP contribution in [0.15, 0.2) is 64.1 Å². The zero-order valence-electron chi connectivity index (χ0n) is 19.4. The van der Waals surface area contributed by atoms with Crippen LogP contribution < -0.4 is 10.2 Å². The molecule has 34 heavy (non-hydrogen) atoms. The molecule has 0 atom stereocenters. The molecule has 0 aliphatic heterocycles. The predicted octanol–water partition coefficient (Wildman–Crippen LogP) is 4.92. The zero-order valence-corrected chi connectivity index (χ0v) is 19.4. The minimum absolute atomic E-state index is 0.126. The molecule has 1 aliphatic carbocycles. The summed E-state index contributed by atoms with van der Waals surface area (Å²) in [5.74, 6) is 0.973. The molecule has 0 spiro atoms. The standard InChI is InChI=1S/C27H28N2O5/c1-18(2)33-27(31)22-9-5-8-21(14-22)25-13-12-24(34-25)16-28-29-26(30)17-32-23-11-10-19-6-3-4-7-20(19)15-23/h5,8-16,18H,3-4,6-7,17H2,1-2H3,(H,29,30)/b28-16-. The van der Waals surface area contributed by atoms with Crippen LogP contribution in [-0.4, -0.2) is 30.8 Å². The summed E-state index contributed by atoms with van der Waals surface area (Å²) in [5.41, 5.74) is 6.30. The Labute approximate surface area is 198 Å². The number of aryl methyl sites for hydroxylation is 2. The fourth-order valence-electron chi connectivity index (χ4n) is 3.81. The van der Waals surface area contributed by atoms with E-state index in [1.165, 1.54) is 30.2 Å². The Bertz CT molecular complexity index is 1200. The molecule has 0 saturated heterocycles. The number of esters is 1. The van der Waals surface area contributed by atoms with Crippen molar-refractivity contribution in [1.82, 2.24) is 5.43 Å². The first-order valence-corrected chi connectivity index (χ1v) is 11.5. The SMILES string of the molecule is CC(C)OC(=O)c1cccc(-c2ccc(/C=N\NC(=O)COc3ccc4c(c3)CCCC4)o2)c1. The van der Waals surface area contributed by atoms with Crippen molar-refractivity contribution in [3.8, 4) is 17.1 Å². The lowest BCUT2D eigenvalue weighted by molar-refractivity contribution is -0.123. The second-order valence-corrected chi connectivity index (χ2v) is 8.46. The summed E-state index contributed by atoms with van der Waals surface area (Å²) in [6.45, 7) is 3.48. The molecular formula is C27H28N2O5. The van der Waals surface area contributed by atoms with E-state index in [2.05, 4.69) is 16.6 Å². The van der Waals surface area contributed by atoms with E-state index in [1.807, 2.05) is 18.2 Å². The number of nitrogens with one attached hydrogen (secondary N) is 1. The van der Waals surface area contributed by atoms with E-state index >= 15 is 0 Å². The van der Waals surface area contributed by atoms with E-state index in [9.17, 15) is 9.59 Å². The van der Waals surface area contributed by atoms with Gasteiger partial charge in [0.05, 0.1) is 17.9 Å². The molecule has 1 N–H and O–H groups in total. The molecule has 176 valence electrons. The van der Waals surface area contributed by atoms with Crippen molar-refractivity contribution in [3.05, 3.63) is 77.0 Å². The van der Waals surface area contributed by atoms with Gasteiger partial charge in [-0.25, -0.2) is 10.2 Å². The van der Waals surface area contributed by atoms with Crippen molar-refractivity contribution < 1.29 is 23.5 Å². The largest absolute Gasteiger partial charge is 0.484 e. The molecule has 3 aromatic rings. The van der Waals surface area contributed by atoms with Gasteiger partial charge in [-0.3, -0.25) is 4.79 Å². The number of hydrogen-bond acceptors (Lipinski definition) is 6. The van der Waals surface area contributed by atoms with Crippen molar-refractivity contribution in [2.45, 2.75) is 45.6 Å². The summed E-state index contributed by atoms with van der Waals surface area (Å²) in [6.07, 6.45) is 5.80. The molecular weight excluding hydrogens is 432 g/mol. The third-order valence-corrected chi connectivity index (χ3v) is 5.42. The van der Waals surface area contributed by atoms with Crippen molar-refractivity contribution >= 4 is 18.1 Å². The number of hydrogen-bond donors (Lipinski definition) is 1. The maximum atomic E-state index is 12.1. The van der Waals surface area contributed by atoms with Gasteiger partial charge in [0.1, 0.15) is 17.3 Å². The third kappa shape index (κ3) is 6.13. The van der Waals surface area contributed by atoms with Crippen molar-refractivity contribution in [2.75, 3.05) is 6.61 Å². The number of ether oxygens (including phenoxy) is 2. The summed E-state index contributed by atoms with van der Waals surface area (Å²) in [5, 5.41) is 3.94. The smallest absolute Gasteiger partial charge is 0.338 e. The van der Waals surface area contributed by atoms with Gasteiger partial charge in [-0.15, -0.1) is 0 Å².